The van der Waals surface area contributed by atoms with Gasteiger partial charge in [0.25, 0.3) is 5.62 Å². The van der Waals surface area contributed by atoms with Gasteiger partial charge in [-0.2, -0.15) is 4.98 Å². The first-order valence-electron chi connectivity index (χ1n) is 8.74. The summed E-state index contributed by atoms with van der Waals surface area (Å²) in [4.78, 5) is 17.6. The van der Waals surface area contributed by atoms with Crippen molar-refractivity contribution in [3.8, 4) is 22.5 Å². The van der Waals surface area contributed by atoms with Crippen molar-refractivity contribution >= 4 is 34.7 Å². The zero-order chi connectivity index (χ0) is 19.1. The average Bonchev–Trinajstić information content (AvgIpc) is 3.19. The molecule has 138 valence electrons. The fourth-order valence-corrected chi connectivity index (χ4v) is 3.87. The van der Waals surface area contributed by atoms with Crippen LogP contribution in [0.15, 0.2) is 60.0 Å². The van der Waals surface area contributed by atoms with E-state index < -0.39 is 0 Å². The van der Waals surface area contributed by atoms with E-state index in [1.165, 1.54) is 0 Å². The van der Waals surface area contributed by atoms with E-state index in [-0.39, 0.29) is 0 Å². The maximum absolute atomic E-state index is 6.46. The number of pyridine rings is 2. The number of nitrogens with zero attached hydrogens (tertiary/aromatic N) is 5. The van der Waals surface area contributed by atoms with E-state index in [0.29, 0.717) is 15.7 Å². The summed E-state index contributed by atoms with van der Waals surface area (Å²) < 4.78 is 2.14. The summed E-state index contributed by atoms with van der Waals surface area (Å²) in [7, 11) is 0. The Morgan fingerprint density at radius 2 is 1.89 bits per heavy atom. The van der Waals surface area contributed by atoms with Crippen LogP contribution in [0, 0.1) is 0 Å². The maximum Gasteiger partial charge on any atom is 0.251 e. The first-order chi connectivity index (χ1) is 13.7. The lowest BCUT2D eigenvalue weighted by molar-refractivity contribution is 0.780. The van der Waals surface area contributed by atoms with Crippen molar-refractivity contribution < 1.29 is 0 Å². The van der Waals surface area contributed by atoms with E-state index in [1.54, 1.807) is 24.7 Å². The summed E-state index contributed by atoms with van der Waals surface area (Å²) in [6, 6.07) is 11.2. The third-order valence-corrected chi connectivity index (χ3v) is 5.15. The highest BCUT2D eigenvalue weighted by Gasteiger charge is 2.23. The molecule has 1 aromatic carbocycles. The van der Waals surface area contributed by atoms with Gasteiger partial charge >= 0.3 is 0 Å². The zero-order valence-corrected chi connectivity index (χ0v) is 16.1. The molecule has 5 rings (SSSR count). The average molecular weight is 409 g/mol. The first kappa shape index (κ1) is 17.2. The van der Waals surface area contributed by atoms with Crippen LogP contribution < -0.4 is 10.9 Å². The van der Waals surface area contributed by atoms with Crippen molar-refractivity contribution in [2.45, 2.75) is 6.54 Å². The van der Waals surface area contributed by atoms with Gasteiger partial charge < -0.3 is 9.88 Å². The molecule has 0 saturated carbocycles. The molecule has 0 fully saturated rings. The third-order valence-electron chi connectivity index (χ3n) is 4.60. The predicted molar refractivity (Wildman–Crippen MR) is 110 cm³/mol. The van der Waals surface area contributed by atoms with Crippen LogP contribution in [0.1, 0.15) is 0 Å². The normalized spacial score (nSPS) is 13.6. The van der Waals surface area contributed by atoms with Gasteiger partial charge in [0, 0.05) is 53.4 Å². The van der Waals surface area contributed by atoms with Gasteiger partial charge in [0.1, 0.15) is 11.6 Å². The van der Waals surface area contributed by atoms with Crippen molar-refractivity contribution in [3.63, 3.8) is 0 Å². The highest BCUT2D eigenvalue weighted by Crippen LogP contribution is 2.40. The van der Waals surface area contributed by atoms with E-state index in [0.717, 1.165) is 47.1 Å². The number of benzene rings is 1. The fraction of sp³-hybridized carbons (Fsp3) is 0.100. The Bertz CT molecular complexity index is 1220. The molecule has 2 aromatic rings. The summed E-state index contributed by atoms with van der Waals surface area (Å²) in [5.74, 6) is 1.81. The molecule has 0 aliphatic carbocycles. The van der Waals surface area contributed by atoms with Crippen molar-refractivity contribution in [3.05, 3.63) is 70.7 Å². The summed E-state index contributed by atoms with van der Waals surface area (Å²) in [6.07, 6.45) is 5.18. The second kappa shape index (κ2) is 6.89. The second-order valence-corrected chi connectivity index (χ2v) is 7.22. The van der Waals surface area contributed by atoms with E-state index in [9.17, 15) is 0 Å². The number of fused-ring (bicyclic) bond motifs is 3. The monoisotopic (exact) mass is 408 g/mol. The van der Waals surface area contributed by atoms with Crippen LogP contribution >= 0.6 is 23.2 Å². The Morgan fingerprint density at radius 3 is 2.71 bits per heavy atom. The number of nitrogens with one attached hydrogen (secondary N) is 1. The van der Waals surface area contributed by atoms with Crippen LogP contribution in [0.5, 0.6) is 0 Å². The summed E-state index contributed by atoms with van der Waals surface area (Å²) >= 11 is 12.5. The number of hydrogen-bond acceptors (Lipinski definition) is 5. The van der Waals surface area contributed by atoms with Gasteiger partial charge in [-0.05, 0) is 30.3 Å². The first-order valence-corrected chi connectivity index (χ1v) is 9.49. The van der Waals surface area contributed by atoms with Gasteiger partial charge in [0.05, 0.1) is 10.7 Å². The highest BCUT2D eigenvalue weighted by atomic mass is 35.5. The Labute approximate surface area is 170 Å². The SMILES string of the molecule is Clc1ccc(-c2cc3cnc(=Nc4ccncc4)nc-3n3c2NCC3)c(Cl)c1. The molecule has 0 saturated heterocycles. The smallest absolute Gasteiger partial charge is 0.251 e. The number of rotatable bonds is 2. The molecule has 0 spiro atoms. The molecule has 0 atom stereocenters. The second-order valence-electron chi connectivity index (χ2n) is 6.38. The maximum atomic E-state index is 6.46. The number of hydrogen-bond donors (Lipinski definition) is 1. The van der Waals surface area contributed by atoms with Crippen molar-refractivity contribution in [1.82, 2.24) is 19.5 Å². The van der Waals surface area contributed by atoms with E-state index >= 15 is 0 Å². The molecule has 1 N–H and O–H groups in total. The van der Waals surface area contributed by atoms with Gasteiger partial charge in [-0.25, -0.2) is 9.98 Å². The van der Waals surface area contributed by atoms with Gasteiger partial charge in [-0.1, -0.05) is 29.3 Å². The molecule has 0 bridgehead atoms. The van der Waals surface area contributed by atoms with E-state index in [2.05, 4.69) is 29.8 Å². The van der Waals surface area contributed by atoms with Gasteiger partial charge in [0.2, 0.25) is 0 Å². The number of halogens is 2. The topological polar surface area (TPSA) is 68.0 Å². The molecule has 3 aliphatic heterocycles. The van der Waals surface area contributed by atoms with Crippen LogP contribution in [-0.2, 0) is 6.54 Å². The molecule has 0 radical (unpaired) electrons. The Kier molecular flexibility index (Phi) is 4.22. The lowest BCUT2D eigenvalue weighted by Crippen LogP contribution is -2.17. The van der Waals surface area contributed by atoms with E-state index in [4.69, 9.17) is 23.2 Å². The molecule has 1 aromatic heterocycles. The molecule has 3 aliphatic rings. The Morgan fingerprint density at radius 1 is 1.04 bits per heavy atom. The summed E-state index contributed by atoms with van der Waals surface area (Å²) in [6.45, 7) is 1.62. The number of aromatic nitrogens is 4. The molecular formula is C20H14Cl2N6. The molecule has 0 amide bonds. The molecule has 8 heteroatoms. The van der Waals surface area contributed by atoms with Gasteiger partial charge in [0.15, 0.2) is 0 Å². The van der Waals surface area contributed by atoms with Crippen LogP contribution in [0.4, 0.5) is 11.5 Å². The molecular weight excluding hydrogens is 395 g/mol. The van der Waals surface area contributed by atoms with Crippen molar-refractivity contribution in [1.29, 1.82) is 0 Å². The minimum atomic E-state index is 0.414. The van der Waals surface area contributed by atoms with Crippen LogP contribution in [0.2, 0.25) is 10.0 Å². The molecule has 4 heterocycles. The fourth-order valence-electron chi connectivity index (χ4n) is 3.36. The molecule has 0 unspecified atom stereocenters. The van der Waals surface area contributed by atoms with Gasteiger partial charge in [-0.15, -0.1) is 0 Å². The largest absolute Gasteiger partial charge is 0.369 e. The third kappa shape index (κ3) is 3.00. The van der Waals surface area contributed by atoms with Gasteiger partial charge in [-0.3, -0.25) is 4.98 Å². The molecule has 28 heavy (non-hydrogen) atoms. The lowest BCUT2D eigenvalue weighted by Gasteiger charge is -2.17. The van der Waals surface area contributed by atoms with Crippen LogP contribution in [0.25, 0.3) is 22.5 Å². The number of anilines is 1. The molecule has 6 nitrogen and oxygen atoms in total. The van der Waals surface area contributed by atoms with Crippen molar-refractivity contribution in [2.75, 3.05) is 11.9 Å². The predicted octanol–water partition coefficient (Wildman–Crippen LogP) is 4.41. The van der Waals surface area contributed by atoms with Crippen molar-refractivity contribution in [2.24, 2.45) is 4.99 Å². The standard InChI is InChI=1S/C20H14Cl2N6/c21-13-1-2-15(17(22)10-13)16-9-12-11-25-20(26-14-3-5-23-6-4-14)27-18(12)28-8-7-24-19(16)28/h1-6,9-11,24H,7-8H2. The minimum Gasteiger partial charge on any atom is -0.369 e. The minimum absolute atomic E-state index is 0.414. The zero-order valence-electron chi connectivity index (χ0n) is 14.6. The Hall–Kier alpha value is -2.96. The van der Waals surface area contributed by atoms with Crippen LogP contribution in [0.3, 0.4) is 0 Å². The van der Waals surface area contributed by atoms with Crippen LogP contribution in [-0.4, -0.2) is 26.1 Å². The highest BCUT2D eigenvalue weighted by molar-refractivity contribution is 6.36. The lowest BCUT2D eigenvalue weighted by atomic mass is 10.0. The summed E-state index contributed by atoms with van der Waals surface area (Å²) in [5, 5.41) is 4.66. The Balaban J connectivity index is 1.72. The van der Waals surface area contributed by atoms with E-state index in [1.807, 2.05) is 30.3 Å². The summed E-state index contributed by atoms with van der Waals surface area (Å²) in [5.41, 5.74) is 4.00. The quantitative estimate of drug-likeness (QED) is 0.533.